The van der Waals surface area contributed by atoms with Crippen molar-refractivity contribution in [3.8, 4) is 5.75 Å². The topological polar surface area (TPSA) is 94.8 Å². The number of rotatable bonds is 6. The molecule has 0 saturated heterocycles. The molecule has 7 nitrogen and oxygen atoms in total. The van der Waals surface area contributed by atoms with Crippen molar-refractivity contribution < 1.29 is 23.5 Å². The number of hydrogen-bond donors (Lipinski definition) is 1. The fourth-order valence-electron chi connectivity index (χ4n) is 3.76. The van der Waals surface area contributed by atoms with Crippen molar-refractivity contribution >= 4 is 22.8 Å². The van der Waals surface area contributed by atoms with Gasteiger partial charge in [0.15, 0.2) is 13.2 Å². The molecule has 29 heavy (non-hydrogen) atoms. The molecule has 0 radical (unpaired) electrons. The average molecular weight is 401 g/mol. The molecule has 7 heteroatoms. The molecular weight excluding hydrogens is 374 g/mol. The summed E-state index contributed by atoms with van der Waals surface area (Å²) in [6.07, 6.45) is 3.22. The highest BCUT2D eigenvalue weighted by Gasteiger charge is 2.28. The molecule has 1 fully saturated rings. The van der Waals surface area contributed by atoms with Crippen molar-refractivity contribution in [2.24, 2.45) is 11.8 Å². The first-order valence-electron chi connectivity index (χ1n) is 9.96. The molecular formula is C22H27NO6. The summed E-state index contributed by atoms with van der Waals surface area (Å²) in [6, 6.07) is 6.53. The van der Waals surface area contributed by atoms with E-state index in [2.05, 4.69) is 19.2 Å². The van der Waals surface area contributed by atoms with Crippen LogP contribution in [0.3, 0.4) is 0 Å². The van der Waals surface area contributed by atoms with Crippen LogP contribution in [0.5, 0.6) is 5.75 Å². The van der Waals surface area contributed by atoms with E-state index in [0.717, 1.165) is 23.8 Å². The number of ether oxygens (including phenoxy) is 2. The number of hydrogen-bond acceptors (Lipinski definition) is 6. The quantitative estimate of drug-likeness (QED) is 0.591. The highest BCUT2D eigenvalue weighted by molar-refractivity contribution is 5.82. The van der Waals surface area contributed by atoms with Gasteiger partial charge in [0.2, 0.25) is 0 Å². The van der Waals surface area contributed by atoms with Gasteiger partial charge in [-0.3, -0.25) is 4.79 Å². The van der Waals surface area contributed by atoms with E-state index in [1.807, 2.05) is 6.92 Å². The number of esters is 1. The lowest BCUT2D eigenvalue weighted by molar-refractivity contribution is -0.150. The molecule has 1 aromatic carbocycles. The SMILES string of the molecule is Cc1cc(=O)oc2cc(OCC(=O)OCC(=O)N[C@H]3CCC[C@@H](C)[C@H]3C)ccc12. The molecule has 1 N–H and O–H groups in total. The van der Waals surface area contributed by atoms with E-state index < -0.39 is 11.6 Å². The van der Waals surface area contributed by atoms with E-state index in [1.165, 1.54) is 12.5 Å². The maximum Gasteiger partial charge on any atom is 0.344 e. The summed E-state index contributed by atoms with van der Waals surface area (Å²) in [6.45, 7) is 5.48. The molecule has 1 amide bonds. The summed E-state index contributed by atoms with van der Waals surface area (Å²) in [7, 11) is 0. The molecule has 3 rings (SSSR count). The smallest absolute Gasteiger partial charge is 0.344 e. The van der Waals surface area contributed by atoms with Crippen molar-refractivity contribution in [2.75, 3.05) is 13.2 Å². The lowest BCUT2D eigenvalue weighted by atomic mass is 9.78. The second-order valence-corrected chi connectivity index (χ2v) is 7.80. The van der Waals surface area contributed by atoms with Crippen LogP contribution in [-0.4, -0.2) is 31.1 Å². The average Bonchev–Trinajstić information content (AvgIpc) is 2.68. The van der Waals surface area contributed by atoms with Crippen LogP contribution in [0.4, 0.5) is 0 Å². The zero-order valence-electron chi connectivity index (χ0n) is 17.0. The third-order valence-electron chi connectivity index (χ3n) is 5.70. The normalized spacial score (nSPS) is 21.6. The number of amides is 1. The first-order valence-corrected chi connectivity index (χ1v) is 9.96. The zero-order chi connectivity index (χ0) is 21.0. The fraction of sp³-hybridized carbons (Fsp3) is 0.500. The number of aryl methyl sites for hydroxylation is 1. The van der Waals surface area contributed by atoms with E-state index >= 15 is 0 Å². The van der Waals surface area contributed by atoms with Crippen LogP contribution in [0.2, 0.25) is 0 Å². The Bertz CT molecular complexity index is 950. The van der Waals surface area contributed by atoms with Gasteiger partial charge >= 0.3 is 11.6 Å². The molecule has 156 valence electrons. The number of fused-ring (bicyclic) bond motifs is 1. The van der Waals surface area contributed by atoms with Gasteiger partial charge < -0.3 is 19.2 Å². The minimum absolute atomic E-state index is 0.122. The first-order chi connectivity index (χ1) is 13.8. The van der Waals surface area contributed by atoms with E-state index in [0.29, 0.717) is 23.2 Å². The summed E-state index contributed by atoms with van der Waals surface area (Å²) in [5.41, 5.74) is 0.741. The van der Waals surface area contributed by atoms with Crippen LogP contribution in [-0.2, 0) is 14.3 Å². The monoisotopic (exact) mass is 401 g/mol. The number of carbonyl (C=O) groups is 2. The van der Waals surface area contributed by atoms with Gasteiger partial charge in [-0.15, -0.1) is 0 Å². The Morgan fingerprint density at radius 2 is 1.97 bits per heavy atom. The maximum atomic E-state index is 12.1. The Labute approximate surface area is 169 Å². The molecule has 1 aliphatic carbocycles. The van der Waals surface area contributed by atoms with Crippen LogP contribution >= 0.6 is 0 Å². The summed E-state index contributed by atoms with van der Waals surface area (Å²) in [5.74, 6) is 0.407. The van der Waals surface area contributed by atoms with Gasteiger partial charge in [0.05, 0.1) is 0 Å². The first kappa shape index (κ1) is 20.9. The summed E-state index contributed by atoms with van der Waals surface area (Å²) in [5, 5.41) is 3.75. The third kappa shape index (κ3) is 5.37. The summed E-state index contributed by atoms with van der Waals surface area (Å²) in [4.78, 5) is 35.5. The molecule has 1 heterocycles. The van der Waals surface area contributed by atoms with Gasteiger partial charge in [-0.2, -0.15) is 0 Å². The Morgan fingerprint density at radius 3 is 2.76 bits per heavy atom. The second-order valence-electron chi connectivity index (χ2n) is 7.80. The molecule has 1 aromatic heterocycles. The minimum Gasteiger partial charge on any atom is -0.482 e. The lowest BCUT2D eigenvalue weighted by Gasteiger charge is -2.34. The van der Waals surface area contributed by atoms with Gasteiger partial charge in [0.1, 0.15) is 11.3 Å². The molecule has 1 saturated carbocycles. The Kier molecular flexibility index (Phi) is 6.56. The van der Waals surface area contributed by atoms with Crippen molar-refractivity contribution in [3.05, 3.63) is 40.2 Å². The van der Waals surface area contributed by atoms with E-state index in [1.54, 1.807) is 18.2 Å². The fourth-order valence-corrected chi connectivity index (χ4v) is 3.76. The molecule has 2 aromatic rings. The van der Waals surface area contributed by atoms with Crippen molar-refractivity contribution in [3.63, 3.8) is 0 Å². The minimum atomic E-state index is -0.643. The molecule has 0 unspecified atom stereocenters. The second kappa shape index (κ2) is 9.11. The van der Waals surface area contributed by atoms with Crippen molar-refractivity contribution in [2.45, 2.75) is 46.1 Å². The van der Waals surface area contributed by atoms with Gasteiger partial charge in [-0.05, 0) is 42.9 Å². The highest BCUT2D eigenvalue weighted by Crippen LogP contribution is 2.29. The van der Waals surface area contributed by atoms with Crippen LogP contribution in [0, 0.1) is 18.8 Å². The van der Waals surface area contributed by atoms with Crippen molar-refractivity contribution in [1.29, 1.82) is 0 Å². The molecule has 1 aliphatic rings. The highest BCUT2D eigenvalue weighted by atomic mass is 16.6. The van der Waals surface area contributed by atoms with Gasteiger partial charge in [-0.1, -0.05) is 26.7 Å². The Hall–Kier alpha value is -2.83. The number of carbonyl (C=O) groups excluding carboxylic acids is 2. The van der Waals surface area contributed by atoms with Crippen LogP contribution in [0.1, 0.15) is 38.7 Å². The largest absolute Gasteiger partial charge is 0.482 e. The van der Waals surface area contributed by atoms with Crippen LogP contribution < -0.4 is 15.7 Å². The van der Waals surface area contributed by atoms with Gasteiger partial charge in [0.25, 0.3) is 5.91 Å². The maximum absolute atomic E-state index is 12.1. The molecule has 0 spiro atoms. The van der Waals surface area contributed by atoms with E-state index in [9.17, 15) is 14.4 Å². The third-order valence-corrected chi connectivity index (χ3v) is 5.70. The van der Waals surface area contributed by atoms with E-state index in [-0.39, 0.29) is 25.2 Å². The molecule has 0 bridgehead atoms. The summed E-state index contributed by atoms with van der Waals surface area (Å²) < 4.78 is 15.6. The zero-order valence-corrected chi connectivity index (χ0v) is 17.0. The van der Waals surface area contributed by atoms with Gasteiger partial charge in [0, 0.05) is 23.6 Å². The summed E-state index contributed by atoms with van der Waals surface area (Å²) >= 11 is 0. The standard InChI is InChI=1S/C22H27NO6/c1-13-5-4-6-18(15(13)3)23-20(24)11-28-22(26)12-27-16-7-8-17-14(2)9-21(25)29-19(17)10-16/h7-10,13,15,18H,4-6,11-12H2,1-3H3,(H,23,24)/t13-,15-,18+/m1/s1. The lowest BCUT2D eigenvalue weighted by Crippen LogP contribution is -2.45. The predicted molar refractivity (Wildman–Crippen MR) is 108 cm³/mol. The van der Waals surface area contributed by atoms with Gasteiger partial charge in [-0.25, -0.2) is 9.59 Å². The Morgan fingerprint density at radius 1 is 1.17 bits per heavy atom. The Balaban J connectivity index is 1.47. The van der Waals surface area contributed by atoms with E-state index in [4.69, 9.17) is 13.9 Å². The number of nitrogens with one attached hydrogen (secondary N) is 1. The number of benzene rings is 1. The van der Waals surface area contributed by atoms with Crippen molar-refractivity contribution in [1.82, 2.24) is 5.32 Å². The molecule has 0 aliphatic heterocycles. The predicted octanol–water partition coefficient (Wildman–Crippen LogP) is 2.96. The van der Waals surface area contributed by atoms with Crippen LogP contribution in [0.25, 0.3) is 11.0 Å². The van der Waals surface area contributed by atoms with Crippen LogP contribution in [0.15, 0.2) is 33.5 Å². The molecule has 3 atom stereocenters.